The third kappa shape index (κ3) is 4.28. The van der Waals surface area contributed by atoms with Crippen LogP contribution in [0, 0.1) is 0 Å². The Morgan fingerprint density at radius 1 is 1.13 bits per heavy atom. The molecule has 0 saturated heterocycles. The van der Waals surface area contributed by atoms with Gasteiger partial charge in [0, 0.05) is 36.3 Å². The molecule has 2 aromatic carbocycles. The van der Waals surface area contributed by atoms with Gasteiger partial charge < -0.3 is 4.74 Å². The lowest BCUT2D eigenvalue weighted by atomic mass is 10.1. The lowest BCUT2D eigenvalue weighted by Gasteiger charge is -2.25. The number of aromatic nitrogens is 2. The molecule has 2 aromatic heterocycles. The van der Waals surface area contributed by atoms with E-state index in [1.165, 1.54) is 10.4 Å². The first kappa shape index (κ1) is 19.7. The van der Waals surface area contributed by atoms with Crippen LogP contribution >= 0.6 is 11.3 Å². The molecule has 0 fully saturated rings. The molecule has 0 atom stereocenters. The quantitative estimate of drug-likeness (QED) is 0.505. The van der Waals surface area contributed by atoms with Gasteiger partial charge in [0.1, 0.15) is 11.4 Å². The van der Waals surface area contributed by atoms with Crippen molar-refractivity contribution >= 4 is 33.3 Å². The monoisotopic (exact) mass is 430 g/mol. The highest BCUT2D eigenvalue weighted by molar-refractivity contribution is 7.15. The summed E-state index contributed by atoms with van der Waals surface area (Å²) < 4.78 is 5.24. The zero-order valence-electron chi connectivity index (χ0n) is 17.2. The van der Waals surface area contributed by atoms with Crippen molar-refractivity contribution in [2.45, 2.75) is 19.5 Å². The minimum atomic E-state index is -0.245. The van der Waals surface area contributed by atoms with E-state index in [4.69, 9.17) is 4.74 Å². The van der Waals surface area contributed by atoms with E-state index < -0.39 is 0 Å². The number of nitrogens with one attached hydrogen (secondary N) is 1. The van der Waals surface area contributed by atoms with Crippen molar-refractivity contribution in [3.05, 3.63) is 82.5 Å². The van der Waals surface area contributed by atoms with Gasteiger partial charge in [0.15, 0.2) is 5.13 Å². The number of nitrogens with zero attached hydrogens (tertiary/aromatic N) is 3. The average molecular weight is 431 g/mol. The Hall–Kier alpha value is -3.29. The molecule has 0 aliphatic carbocycles. The van der Waals surface area contributed by atoms with Gasteiger partial charge >= 0.3 is 0 Å². The largest absolute Gasteiger partial charge is 0.497 e. The average Bonchev–Trinajstić information content (AvgIpc) is 3.20. The third-order valence-electron chi connectivity index (χ3n) is 5.41. The summed E-state index contributed by atoms with van der Waals surface area (Å²) in [4.78, 5) is 25.5. The first-order valence-corrected chi connectivity index (χ1v) is 11.0. The number of anilines is 1. The van der Waals surface area contributed by atoms with E-state index in [1.807, 2.05) is 30.3 Å². The molecule has 6 nitrogen and oxygen atoms in total. The maximum absolute atomic E-state index is 12.8. The van der Waals surface area contributed by atoms with Crippen molar-refractivity contribution in [1.29, 1.82) is 0 Å². The molecule has 31 heavy (non-hydrogen) atoms. The highest BCUT2D eigenvalue weighted by Crippen LogP contribution is 2.29. The van der Waals surface area contributed by atoms with E-state index in [9.17, 15) is 4.79 Å². The van der Waals surface area contributed by atoms with E-state index >= 15 is 0 Å². The van der Waals surface area contributed by atoms with Crippen LogP contribution in [0.15, 0.2) is 60.7 Å². The Balaban J connectivity index is 1.28. The lowest BCUT2D eigenvalue weighted by molar-refractivity contribution is 0.102. The van der Waals surface area contributed by atoms with Gasteiger partial charge in [-0.1, -0.05) is 36.4 Å². The number of hydrogen-bond acceptors (Lipinski definition) is 6. The Bertz CT molecular complexity index is 1240. The summed E-state index contributed by atoms with van der Waals surface area (Å²) in [5.41, 5.74) is 3.52. The molecule has 0 saturated carbocycles. The molecule has 156 valence electrons. The summed E-state index contributed by atoms with van der Waals surface area (Å²) in [7, 11) is 1.63. The van der Waals surface area contributed by atoms with Crippen molar-refractivity contribution in [3.63, 3.8) is 0 Å². The van der Waals surface area contributed by atoms with Crippen molar-refractivity contribution in [2.24, 2.45) is 0 Å². The molecule has 1 amide bonds. The predicted octanol–water partition coefficient (Wildman–Crippen LogP) is 4.51. The van der Waals surface area contributed by atoms with E-state index in [-0.39, 0.29) is 5.91 Å². The van der Waals surface area contributed by atoms with Crippen LogP contribution in [0.1, 0.15) is 26.6 Å². The van der Waals surface area contributed by atoms with Crippen LogP contribution in [-0.4, -0.2) is 34.4 Å². The van der Waals surface area contributed by atoms with Crippen LogP contribution < -0.4 is 10.1 Å². The summed E-state index contributed by atoms with van der Waals surface area (Å²) in [5, 5.41) is 4.49. The molecule has 3 heterocycles. The normalized spacial score (nSPS) is 13.7. The zero-order valence-corrected chi connectivity index (χ0v) is 18.0. The highest BCUT2D eigenvalue weighted by atomic mass is 32.1. The number of rotatable bonds is 5. The number of hydrogen-bond donors (Lipinski definition) is 1. The van der Waals surface area contributed by atoms with Gasteiger partial charge in [0.05, 0.1) is 18.3 Å². The third-order valence-corrected chi connectivity index (χ3v) is 6.41. The second-order valence-electron chi connectivity index (χ2n) is 7.54. The first-order valence-electron chi connectivity index (χ1n) is 10.2. The minimum Gasteiger partial charge on any atom is -0.497 e. The molecule has 0 spiro atoms. The number of thiazole rings is 1. The summed E-state index contributed by atoms with van der Waals surface area (Å²) >= 11 is 1.55. The maximum atomic E-state index is 12.8. The highest BCUT2D eigenvalue weighted by Gasteiger charge is 2.22. The van der Waals surface area contributed by atoms with E-state index in [2.05, 4.69) is 44.5 Å². The molecule has 5 rings (SSSR count). The van der Waals surface area contributed by atoms with Crippen molar-refractivity contribution in [3.8, 4) is 5.75 Å². The molecule has 4 aromatic rings. The second-order valence-corrected chi connectivity index (χ2v) is 8.63. The Kier molecular flexibility index (Phi) is 5.36. The number of benzene rings is 2. The fourth-order valence-corrected chi connectivity index (χ4v) is 4.84. The number of amides is 1. The van der Waals surface area contributed by atoms with Crippen LogP contribution in [0.4, 0.5) is 5.13 Å². The van der Waals surface area contributed by atoms with Gasteiger partial charge in [-0.05, 0) is 29.8 Å². The SMILES string of the molecule is COc1ccc2nc(C(=O)Nc3nc4c(s3)CN(Cc3ccccc3)CC4)ccc2c1. The Labute approximate surface area is 184 Å². The van der Waals surface area contributed by atoms with Crippen LogP contribution in [0.3, 0.4) is 0 Å². The molecule has 1 aliphatic rings. The topological polar surface area (TPSA) is 67.3 Å². The molecular formula is C24H22N4O2S. The first-order chi connectivity index (χ1) is 15.2. The molecule has 0 bridgehead atoms. The van der Waals surface area contributed by atoms with Crippen LogP contribution in [0.2, 0.25) is 0 Å². The predicted molar refractivity (Wildman–Crippen MR) is 123 cm³/mol. The summed E-state index contributed by atoms with van der Waals surface area (Å²) in [6.07, 6.45) is 0.893. The van der Waals surface area contributed by atoms with Crippen LogP contribution in [0.25, 0.3) is 10.9 Å². The molecular weight excluding hydrogens is 408 g/mol. The standard InChI is InChI=1S/C24H22N4O2S/c1-30-18-8-10-19-17(13-18)7-9-21(25-19)23(29)27-24-26-20-11-12-28(15-22(20)31-24)14-16-5-3-2-4-6-16/h2-10,13H,11-12,14-15H2,1H3,(H,26,27,29). The van der Waals surface area contributed by atoms with Gasteiger partial charge in [0.2, 0.25) is 0 Å². The Morgan fingerprint density at radius 2 is 2.00 bits per heavy atom. The van der Waals surface area contributed by atoms with Gasteiger partial charge in [-0.25, -0.2) is 9.97 Å². The second kappa shape index (κ2) is 8.45. The van der Waals surface area contributed by atoms with Crippen molar-refractivity contribution in [1.82, 2.24) is 14.9 Å². The van der Waals surface area contributed by atoms with Crippen LogP contribution in [-0.2, 0) is 19.5 Å². The van der Waals surface area contributed by atoms with Crippen molar-refractivity contribution in [2.75, 3.05) is 19.0 Å². The smallest absolute Gasteiger partial charge is 0.276 e. The Morgan fingerprint density at radius 3 is 2.84 bits per heavy atom. The maximum Gasteiger partial charge on any atom is 0.276 e. The van der Waals surface area contributed by atoms with Gasteiger partial charge in [-0.3, -0.25) is 15.0 Å². The van der Waals surface area contributed by atoms with E-state index in [0.29, 0.717) is 10.8 Å². The number of ether oxygens (including phenoxy) is 1. The zero-order chi connectivity index (χ0) is 21.2. The fourth-order valence-electron chi connectivity index (χ4n) is 3.80. The molecule has 1 aliphatic heterocycles. The number of fused-ring (bicyclic) bond motifs is 2. The van der Waals surface area contributed by atoms with E-state index in [1.54, 1.807) is 24.5 Å². The molecule has 1 N–H and O–H groups in total. The number of methoxy groups -OCH3 is 1. The summed E-state index contributed by atoms with van der Waals surface area (Å²) in [6.45, 7) is 2.74. The number of carbonyl (C=O) groups is 1. The van der Waals surface area contributed by atoms with Crippen molar-refractivity contribution < 1.29 is 9.53 Å². The van der Waals surface area contributed by atoms with Crippen LogP contribution in [0.5, 0.6) is 5.75 Å². The fraction of sp³-hybridized carbons (Fsp3) is 0.208. The summed E-state index contributed by atoms with van der Waals surface area (Å²) in [6, 6.07) is 19.7. The molecule has 0 radical (unpaired) electrons. The number of carbonyl (C=O) groups excluding carboxylic acids is 1. The summed E-state index contributed by atoms with van der Waals surface area (Å²) in [5.74, 6) is 0.520. The molecule has 0 unspecified atom stereocenters. The number of pyridine rings is 1. The van der Waals surface area contributed by atoms with Gasteiger partial charge in [0.25, 0.3) is 5.91 Å². The van der Waals surface area contributed by atoms with Gasteiger partial charge in [-0.2, -0.15) is 0 Å². The molecule has 7 heteroatoms. The van der Waals surface area contributed by atoms with E-state index in [0.717, 1.165) is 48.4 Å². The van der Waals surface area contributed by atoms with Gasteiger partial charge in [-0.15, -0.1) is 11.3 Å². The minimum absolute atomic E-state index is 0.245. The lowest BCUT2D eigenvalue weighted by Crippen LogP contribution is -2.29.